The van der Waals surface area contributed by atoms with E-state index in [1.165, 1.54) is 12.8 Å². The molecule has 5 nitrogen and oxygen atoms in total. The van der Waals surface area contributed by atoms with Crippen molar-refractivity contribution in [3.8, 4) is 11.5 Å². The SMILES string of the molecule is COc1ccc(OC)c(C(C)N(CC(=O)O)CC2CC2)c1. The molecule has 0 radical (unpaired) electrons. The highest BCUT2D eigenvalue weighted by molar-refractivity contribution is 5.69. The highest BCUT2D eigenvalue weighted by Gasteiger charge is 2.29. The lowest BCUT2D eigenvalue weighted by atomic mass is 10.0. The first kappa shape index (κ1) is 15.6. The normalized spacial score (nSPS) is 15.8. The van der Waals surface area contributed by atoms with E-state index < -0.39 is 5.97 Å². The van der Waals surface area contributed by atoms with E-state index >= 15 is 0 Å². The van der Waals surface area contributed by atoms with Crippen molar-refractivity contribution in [2.45, 2.75) is 25.8 Å². The fraction of sp³-hybridized carbons (Fsp3) is 0.562. The van der Waals surface area contributed by atoms with Crippen LogP contribution in [0.1, 0.15) is 31.4 Å². The van der Waals surface area contributed by atoms with Crippen molar-refractivity contribution >= 4 is 5.97 Å². The highest BCUT2D eigenvalue weighted by Crippen LogP contribution is 2.36. The van der Waals surface area contributed by atoms with Crippen LogP contribution in [0.15, 0.2) is 18.2 Å². The molecule has 0 aromatic heterocycles. The summed E-state index contributed by atoms with van der Waals surface area (Å²) in [5.41, 5.74) is 0.957. The lowest BCUT2D eigenvalue weighted by Crippen LogP contribution is -2.34. The molecular weight excluding hydrogens is 270 g/mol. The molecule has 21 heavy (non-hydrogen) atoms. The van der Waals surface area contributed by atoms with E-state index in [4.69, 9.17) is 14.6 Å². The minimum atomic E-state index is -0.802. The lowest BCUT2D eigenvalue weighted by Gasteiger charge is -2.29. The zero-order valence-electron chi connectivity index (χ0n) is 12.8. The number of hydrogen-bond donors (Lipinski definition) is 1. The van der Waals surface area contributed by atoms with Gasteiger partial charge in [0.15, 0.2) is 0 Å². The summed E-state index contributed by atoms with van der Waals surface area (Å²) in [4.78, 5) is 13.1. The van der Waals surface area contributed by atoms with Crippen LogP contribution in [0.2, 0.25) is 0 Å². The number of ether oxygens (including phenoxy) is 2. The Morgan fingerprint density at radius 2 is 2.10 bits per heavy atom. The van der Waals surface area contributed by atoms with Crippen LogP contribution in [0.5, 0.6) is 11.5 Å². The Labute approximate surface area is 125 Å². The second kappa shape index (κ2) is 6.80. The Bertz CT molecular complexity index is 499. The molecule has 1 aromatic rings. The zero-order chi connectivity index (χ0) is 15.4. The largest absolute Gasteiger partial charge is 0.497 e. The van der Waals surface area contributed by atoms with Gasteiger partial charge in [-0.15, -0.1) is 0 Å². The molecule has 1 atom stereocenters. The number of benzene rings is 1. The second-order valence-electron chi connectivity index (χ2n) is 5.55. The molecule has 0 saturated heterocycles. The fourth-order valence-corrected chi connectivity index (χ4v) is 2.53. The van der Waals surface area contributed by atoms with Crippen LogP contribution < -0.4 is 9.47 Å². The quantitative estimate of drug-likeness (QED) is 0.798. The van der Waals surface area contributed by atoms with Crippen LogP contribution in [0.4, 0.5) is 0 Å². The number of methoxy groups -OCH3 is 2. The molecule has 0 spiro atoms. The Kier molecular flexibility index (Phi) is 5.07. The van der Waals surface area contributed by atoms with Gasteiger partial charge >= 0.3 is 5.97 Å². The third-order valence-electron chi connectivity index (χ3n) is 3.96. The average molecular weight is 293 g/mol. The number of carbonyl (C=O) groups is 1. The average Bonchev–Trinajstić information content (AvgIpc) is 3.28. The van der Waals surface area contributed by atoms with Crippen LogP contribution in [0.25, 0.3) is 0 Å². The maximum absolute atomic E-state index is 11.1. The van der Waals surface area contributed by atoms with Gasteiger partial charge in [0.25, 0.3) is 0 Å². The zero-order valence-corrected chi connectivity index (χ0v) is 12.8. The van der Waals surface area contributed by atoms with E-state index in [2.05, 4.69) is 0 Å². The maximum Gasteiger partial charge on any atom is 0.317 e. The molecule has 0 aliphatic heterocycles. The molecule has 116 valence electrons. The first-order valence-corrected chi connectivity index (χ1v) is 7.23. The summed E-state index contributed by atoms with van der Waals surface area (Å²) in [5, 5.41) is 9.14. The molecule has 1 fully saturated rings. The van der Waals surface area contributed by atoms with E-state index in [9.17, 15) is 4.79 Å². The Hall–Kier alpha value is -1.75. The lowest BCUT2D eigenvalue weighted by molar-refractivity contribution is -0.139. The second-order valence-corrected chi connectivity index (χ2v) is 5.55. The van der Waals surface area contributed by atoms with Crippen molar-refractivity contribution in [2.24, 2.45) is 5.92 Å². The summed E-state index contributed by atoms with van der Waals surface area (Å²) in [6.07, 6.45) is 2.39. The molecule has 0 heterocycles. The van der Waals surface area contributed by atoms with Crippen molar-refractivity contribution in [1.29, 1.82) is 0 Å². The van der Waals surface area contributed by atoms with Crippen molar-refractivity contribution < 1.29 is 19.4 Å². The van der Waals surface area contributed by atoms with Gasteiger partial charge in [0, 0.05) is 18.2 Å². The molecule has 2 rings (SSSR count). The van der Waals surface area contributed by atoms with Crippen LogP contribution in [0.3, 0.4) is 0 Å². The van der Waals surface area contributed by atoms with Gasteiger partial charge in [-0.3, -0.25) is 9.69 Å². The van der Waals surface area contributed by atoms with Gasteiger partial charge in [-0.05, 0) is 43.9 Å². The topological polar surface area (TPSA) is 59.0 Å². The number of hydrogen-bond acceptors (Lipinski definition) is 4. The van der Waals surface area contributed by atoms with E-state index in [0.29, 0.717) is 5.92 Å². The summed E-state index contributed by atoms with van der Waals surface area (Å²) < 4.78 is 10.7. The third kappa shape index (κ3) is 4.11. The fourth-order valence-electron chi connectivity index (χ4n) is 2.53. The highest BCUT2D eigenvalue weighted by atomic mass is 16.5. The van der Waals surface area contributed by atoms with Gasteiger partial charge in [-0.1, -0.05) is 0 Å². The molecule has 1 aliphatic rings. The van der Waals surface area contributed by atoms with Crippen LogP contribution in [0, 0.1) is 5.92 Å². The summed E-state index contributed by atoms with van der Waals surface area (Å²) >= 11 is 0. The number of carboxylic acid groups (broad SMARTS) is 1. The predicted octanol–water partition coefficient (Wildman–Crippen LogP) is 2.56. The first-order valence-electron chi connectivity index (χ1n) is 7.23. The van der Waals surface area contributed by atoms with E-state index in [1.807, 2.05) is 30.0 Å². The van der Waals surface area contributed by atoms with Gasteiger partial charge in [-0.2, -0.15) is 0 Å². The third-order valence-corrected chi connectivity index (χ3v) is 3.96. The van der Waals surface area contributed by atoms with Gasteiger partial charge in [0.05, 0.1) is 20.8 Å². The van der Waals surface area contributed by atoms with E-state index in [0.717, 1.165) is 23.6 Å². The smallest absolute Gasteiger partial charge is 0.317 e. The number of aliphatic carboxylic acids is 1. The van der Waals surface area contributed by atoms with Crippen LogP contribution >= 0.6 is 0 Å². The standard InChI is InChI=1S/C16H23NO4/c1-11(17(10-16(18)19)9-12-4-5-12)14-8-13(20-2)6-7-15(14)21-3/h6-8,11-12H,4-5,9-10H2,1-3H3,(H,18,19). The van der Waals surface area contributed by atoms with Gasteiger partial charge < -0.3 is 14.6 Å². The first-order chi connectivity index (χ1) is 10.0. The predicted molar refractivity (Wildman–Crippen MR) is 79.9 cm³/mol. The van der Waals surface area contributed by atoms with E-state index in [-0.39, 0.29) is 12.6 Å². The molecule has 1 aromatic carbocycles. The summed E-state index contributed by atoms with van der Waals surface area (Å²) in [6.45, 7) is 2.87. The Morgan fingerprint density at radius 1 is 1.38 bits per heavy atom. The Morgan fingerprint density at radius 3 is 2.62 bits per heavy atom. The molecule has 1 unspecified atom stereocenters. The monoisotopic (exact) mass is 293 g/mol. The number of rotatable bonds is 8. The molecule has 0 bridgehead atoms. The van der Waals surface area contributed by atoms with Gasteiger partial charge in [-0.25, -0.2) is 0 Å². The molecule has 5 heteroatoms. The molecule has 0 amide bonds. The van der Waals surface area contributed by atoms with Crippen molar-refractivity contribution in [1.82, 2.24) is 4.90 Å². The molecule has 1 N–H and O–H groups in total. The molecule has 1 saturated carbocycles. The minimum absolute atomic E-state index is 0.0354. The minimum Gasteiger partial charge on any atom is -0.497 e. The van der Waals surface area contributed by atoms with Gasteiger partial charge in [0.1, 0.15) is 11.5 Å². The van der Waals surface area contributed by atoms with Crippen molar-refractivity contribution in [3.63, 3.8) is 0 Å². The maximum atomic E-state index is 11.1. The van der Waals surface area contributed by atoms with E-state index in [1.54, 1.807) is 14.2 Å². The number of nitrogens with zero attached hydrogens (tertiary/aromatic N) is 1. The molecule has 1 aliphatic carbocycles. The number of carboxylic acids is 1. The van der Waals surface area contributed by atoms with Gasteiger partial charge in [0.2, 0.25) is 0 Å². The summed E-state index contributed by atoms with van der Waals surface area (Å²) in [5.74, 6) is 1.33. The molecular formula is C16H23NO4. The summed E-state index contributed by atoms with van der Waals surface area (Å²) in [6, 6.07) is 5.59. The Balaban J connectivity index is 2.24. The van der Waals surface area contributed by atoms with Crippen LogP contribution in [-0.2, 0) is 4.79 Å². The van der Waals surface area contributed by atoms with Crippen LogP contribution in [-0.4, -0.2) is 43.3 Å². The summed E-state index contributed by atoms with van der Waals surface area (Å²) in [7, 11) is 3.25. The van der Waals surface area contributed by atoms with Crippen molar-refractivity contribution in [3.05, 3.63) is 23.8 Å². The van der Waals surface area contributed by atoms with Crippen molar-refractivity contribution in [2.75, 3.05) is 27.3 Å².